The van der Waals surface area contributed by atoms with E-state index in [2.05, 4.69) is 5.32 Å². The molecule has 0 bridgehead atoms. The number of nitrogens with zero attached hydrogens (tertiary/aromatic N) is 1. The van der Waals surface area contributed by atoms with Gasteiger partial charge in [-0.15, -0.1) is 0 Å². The second-order valence-corrected chi connectivity index (χ2v) is 5.59. The number of nitro groups is 1. The zero-order chi connectivity index (χ0) is 14.9. The molecule has 0 aromatic heterocycles. The van der Waals surface area contributed by atoms with Gasteiger partial charge < -0.3 is 5.32 Å². The molecule has 0 heterocycles. The second-order valence-electron chi connectivity index (χ2n) is 5.59. The fraction of sp³-hybridized carbons (Fsp3) is 0.571. The Morgan fingerprint density at radius 3 is 2.40 bits per heavy atom. The van der Waals surface area contributed by atoms with Crippen molar-refractivity contribution >= 4 is 11.4 Å². The molecule has 2 atom stereocenters. The quantitative estimate of drug-likeness (QED) is 0.671. The van der Waals surface area contributed by atoms with Crippen LogP contribution in [0, 0.1) is 33.6 Å². The van der Waals surface area contributed by atoms with Crippen LogP contribution in [-0.4, -0.2) is 11.0 Å². The highest BCUT2D eigenvalue weighted by atomic mass is 19.1. The molecule has 1 fully saturated rings. The molecule has 0 spiro atoms. The minimum Gasteiger partial charge on any atom is -0.374 e. The lowest BCUT2D eigenvalue weighted by Crippen LogP contribution is -2.37. The van der Waals surface area contributed by atoms with Crippen LogP contribution in [0.3, 0.4) is 0 Å². The molecule has 1 N–H and O–H groups in total. The van der Waals surface area contributed by atoms with Crippen molar-refractivity contribution in [2.75, 3.05) is 5.32 Å². The van der Waals surface area contributed by atoms with E-state index in [0.717, 1.165) is 25.3 Å². The maximum absolute atomic E-state index is 13.9. The summed E-state index contributed by atoms with van der Waals surface area (Å²) >= 11 is 0. The van der Waals surface area contributed by atoms with E-state index in [-0.39, 0.29) is 11.7 Å². The second kappa shape index (κ2) is 5.73. The Kier molecular flexibility index (Phi) is 4.20. The van der Waals surface area contributed by atoms with E-state index in [4.69, 9.17) is 0 Å². The van der Waals surface area contributed by atoms with Gasteiger partial charge in [-0.2, -0.15) is 0 Å². The molecular formula is C14H18F2N2O2. The first-order chi connectivity index (χ1) is 9.40. The van der Waals surface area contributed by atoms with Crippen molar-refractivity contribution < 1.29 is 13.7 Å². The van der Waals surface area contributed by atoms with Crippen LogP contribution in [-0.2, 0) is 0 Å². The van der Waals surface area contributed by atoms with Gasteiger partial charge in [0.05, 0.1) is 11.0 Å². The Labute approximate surface area is 116 Å². The van der Waals surface area contributed by atoms with E-state index in [9.17, 15) is 18.9 Å². The number of nitro benzene ring substituents is 1. The molecule has 1 aliphatic carbocycles. The molecule has 110 valence electrons. The van der Waals surface area contributed by atoms with Gasteiger partial charge in [-0.3, -0.25) is 10.1 Å². The van der Waals surface area contributed by atoms with Gasteiger partial charge in [-0.25, -0.2) is 8.78 Å². The highest BCUT2D eigenvalue weighted by molar-refractivity contribution is 5.63. The molecule has 0 aliphatic heterocycles. The number of benzene rings is 1. The van der Waals surface area contributed by atoms with Crippen molar-refractivity contribution in [1.82, 2.24) is 0 Å². The van der Waals surface area contributed by atoms with Gasteiger partial charge in [-0.05, 0) is 24.7 Å². The van der Waals surface area contributed by atoms with E-state index in [1.54, 1.807) is 0 Å². The van der Waals surface area contributed by atoms with Crippen molar-refractivity contribution in [3.8, 4) is 0 Å². The Balaban J connectivity index is 2.35. The fourth-order valence-corrected chi connectivity index (χ4v) is 2.98. The smallest absolute Gasteiger partial charge is 0.298 e. The van der Waals surface area contributed by atoms with Crippen LogP contribution in [0.2, 0.25) is 0 Å². The van der Waals surface area contributed by atoms with E-state index in [1.165, 1.54) is 0 Å². The Morgan fingerprint density at radius 2 is 1.85 bits per heavy atom. The summed E-state index contributed by atoms with van der Waals surface area (Å²) in [5.74, 6) is -1.27. The molecule has 0 radical (unpaired) electrons. The van der Waals surface area contributed by atoms with E-state index >= 15 is 0 Å². The topological polar surface area (TPSA) is 55.2 Å². The molecule has 20 heavy (non-hydrogen) atoms. The standard InChI is InChI=1S/C14H18F2N2O2/c1-8-4-3-5-9(2)13(8)17-14-11(16)6-10(15)7-12(14)18(19)20/h6-9,13,17H,3-5H2,1-2H3. The fourth-order valence-electron chi connectivity index (χ4n) is 2.98. The lowest BCUT2D eigenvalue weighted by atomic mass is 9.78. The van der Waals surface area contributed by atoms with Gasteiger partial charge in [0.25, 0.3) is 5.69 Å². The van der Waals surface area contributed by atoms with E-state index < -0.39 is 22.2 Å². The summed E-state index contributed by atoms with van der Waals surface area (Å²) < 4.78 is 27.0. The van der Waals surface area contributed by atoms with Crippen molar-refractivity contribution in [2.45, 2.75) is 39.2 Å². The molecular weight excluding hydrogens is 266 g/mol. The van der Waals surface area contributed by atoms with Gasteiger partial charge in [-0.1, -0.05) is 20.3 Å². The number of hydrogen-bond acceptors (Lipinski definition) is 3. The largest absolute Gasteiger partial charge is 0.374 e. The van der Waals surface area contributed by atoms with E-state index in [1.807, 2.05) is 13.8 Å². The van der Waals surface area contributed by atoms with Crippen LogP contribution in [0.15, 0.2) is 12.1 Å². The summed E-state index contributed by atoms with van der Waals surface area (Å²) in [5, 5.41) is 13.9. The summed E-state index contributed by atoms with van der Waals surface area (Å²) in [4.78, 5) is 10.2. The average molecular weight is 284 g/mol. The minimum atomic E-state index is -0.940. The Morgan fingerprint density at radius 1 is 1.25 bits per heavy atom. The summed E-state index contributed by atoms with van der Waals surface area (Å²) in [7, 11) is 0. The summed E-state index contributed by atoms with van der Waals surface area (Å²) in [6.45, 7) is 4.08. The maximum atomic E-state index is 13.9. The molecule has 1 aliphatic rings. The Hall–Kier alpha value is -1.72. The number of nitrogens with one attached hydrogen (secondary N) is 1. The average Bonchev–Trinajstić information content (AvgIpc) is 2.35. The molecule has 0 amide bonds. The normalized spacial score (nSPS) is 26.3. The van der Waals surface area contributed by atoms with Gasteiger partial charge in [0, 0.05) is 12.1 Å². The molecule has 1 saturated carbocycles. The SMILES string of the molecule is CC1CCCC(C)C1Nc1c(F)cc(F)cc1[N+](=O)[O-]. The Bertz CT molecular complexity index is 512. The van der Waals surface area contributed by atoms with Gasteiger partial charge in [0.1, 0.15) is 11.5 Å². The molecule has 6 heteroatoms. The van der Waals surface area contributed by atoms with Crippen LogP contribution < -0.4 is 5.32 Å². The lowest BCUT2D eigenvalue weighted by molar-refractivity contribution is -0.384. The third kappa shape index (κ3) is 2.89. The number of hydrogen-bond donors (Lipinski definition) is 1. The van der Waals surface area contributed by atoms with Crippen molar-refractivity contribution in [3.63, 3.8) is 0 Å². The first-order valence-electron chi connectivity index (χ1n) is 6.80. The van der Waals surface area contributed by atoms with Crippen molar-refractivity contribution in [2.24, 2.45) is 11.8 Å². The predicted octanol–water partition coefficient (Wildman–Crippen LogP) is 4.11. The van der Waals surface area contributed by atoms with Crippen LogP contribution >= 0.6 is 0 Å². The molecule has 4 nitrogen and oxygen atoms in total. The van der Waals surface area contributed by atoms with Crippen LogP contribution in [0.25, 0.3) is 0 Å². The molecule has 0 saturated heterocycles. The minimum absolute atomic E-state index is 0.0394. The third-order valence-electron chi connectivity index (χ3n) is 4.09. The monoisotopic (exact) mass is 284 g/mol. The highest BCUT2D eigenvalue weighted by Crippen LogP contribution is 2.35. The summed E-state index contributed by atoms with van der Waals surface area (Å²) in [5.41, 5.74) is -0.755. The molecule has 2 rings (SSSR count). The molecule has 1 aromatic rings. The highest BCUT2D eigenvalue weighted by Gasteiger charge is 2.31. The third-order valence-corrected chi connectivity index (χ3v) is 4.09. The molecule has 1 aromatic carbocycles. The first kappa shape index (κ1) is 14.7. The zero-order valence-electron chi connectivity index (χ0n) is 11.5. The maximum Gasteiger partial charge on any atom is 0.298 e. The summed E-state index contributed by atoms with van der Waals surface area (Å²) in [6.07, 6.45) is 3.10. The van der Waals surface area contributed by atoms with Gasteiger partial charge in [0.15, 0.2) is 5.82 Å². The van der Waals surface area contributed by atoms with Crippen LogP contribution in [0.4, 0.5) is 20.2 Å². The first-order valence-corrected chi connectivity index (χ1v) is 6.80. The number of halogens is 2. The van der Waals surface area contributed by atoms with Gasteiger partial charge >= 0.3 is 0 Å². The lowest BCUT2D eigenvalue weighted by Gasteiger charge is -2.35. The predicted molar refractivity (Wildman–Crippen MR) is 72.6 cm³/mol. The van der Waals surface area contributed by atoms with Crippen LogP contribution in [0.1, 0.15) is 33.1 Å². The summed E-state index contributed by atoms with van der Waals surface area (Å²) in [6, 6.07) is 1.39. The molecule has 2 unspecified atom stereocenters. The van der Waals surface area contributed by atoms with Crippen LogP contribution in [0.5, 0.6) is 0 Å². The number of anilines is 1. The van der Waals surface area contributed by atoms with E-state index in [0.29, 0.717) is 17.9 Å². The van der Waals surface area contributed by atoms with Gasteiger partial charge in [0.2, 0.25) is 0 Å². The van der Waals surface area contributed by atoms with Crippen molar-refractivity contribution in [3.05, 3.63) is 33.9 Å². The zero-order valence-corrected chi connectivity index (χ0v) is 11.5. The van der Waals surface area contributed by atoms with Crippen molar-refractivity contribution in [1.29, 1.82) is 0 Å². The number of rotatable bonds is 3.